The van der Waals surface area contributed by atoms with E-state index in [4.69, 9.17) is 4.74 Å². The highest BCUT2D eigenvalue weighted by molar-refractivity contribution is 5.91. The highest BCUT2D eigenvalue weighted by Crippen LogP contribution is 2.25. The molecule has 0 fully saturated rings. The zero-order valence-corrected chi connectivity index (χ0v) is 17.6. The summed E-state index contributed by atoms with van der Waals surface area (Å²) in [6.07, 6.45) is 1.79. The number of ether oxygens (including phenoxy) is 1. The molecule has 1 atom stereocenters. The van der Waals surface area contributed by atoms with Crippen molar-refractivity contribution in [2.24, 2.45) is 0 Å². The Balaban J connectivity index is 1.61. The predicted octanol–water partition coefficient (Wildman–Crippen LogP) is 3.66. The number of carbonyl (C=O) groups is 2. The fourth-order valence-corrected chi connectivity index (χ4v) is 3.68. The van der Waals surface area contributed by atoms with Crippen molar-refractivity contribution in [2.75, 3.05) is 7.11 Å². The van der Waals surface area contributed by atoms with Crippen LogP contribution in [0.4, 0.5) is 0 Å². The summed E-state index contributed by atoms with van der Waals surface area (Å²) in [6, 6.07) is 25.6. The first-order chi connectivity index (χ1) is 15.7. The molecule has 32 heavy (non-hydrogen) atoms. The highest BCUT2D eigenvalue weighted by Gasteiger charge is 2.29. The van der Waals surface area contributed by atoms with Gasteiger partial charge in [0.15, 0.2) is 0 Å². The van der Waals surface area contributed by atoms with Crippen LogP contribution in [0.3, 0.4) is 0 Å². The number of nitrogens with zero attached hydrogens (tertiary/aromatic N) is 2. The number of carbonyl (C=O) groups excluding carboxylic acids is 2. The molecule has 0 aliphatic carbocycles. The van der Waals surface area contributed by atoms with Crippen molar-refractivity contribution in [3.63, 3.8) is 0 Å². The Kier molecular flexibility index (Phi) is 6.51. The fraction of sp³-hybridized carbons (Fsp3) is 0.154. The van der Waals surface area contributed by atoms with Crippen molar-refractivity contribution >= 4 is 22.9 Å². The molecule has 0 unspecified atom stereocenters. The minimum absolute atomic E-state index is 0.173. The quantitative estimate of drug-likeness (QED) is 0.457. The van der Waals surface area contributed by atoms with Gasteiger partial charge in [-0.2, -0.15) is 0 Å². The number of para-hydroxylation sites is 2. The molecular weight excluding hydrogens is 402 g/mol. The molecule has 0 aliphatic heterocycles. The Labute approximate surface area is 186 Å². The Hall–Kier alpha value is -4.06. The largest absolute Gasteiger partial charge is 0.467 e. The van der Waals surface area contributed by atoms with E-state index in [1.165, 1.54) is 7.11 Å². The van der Waals surface area contributed by atoms with Crippen LogP contribution in [-0.4, -0.2) is 35.0 Å². The van der Waals surface area contributed by atoms with Crippen molar-refractivity contribution in [1.82, 2.24) is 15.3 Å². The van der Waals surface area contributed by atoms with Gasteiger partial charge in [-0.15, -0.1) is 0 Å². The Morgan fingerprint density at radius 2 is 1.41 bits per heavy atom. The van der Waals surface area contributed by atoms with E-state index in [1.54, 1.807) is 6.20 Å². The maximum absolute atomic E-state index is 13.4. The van der Waals surface area contributed by atoms with E-state index in [1.807, 2.05) is 84.9 Å². The molecule has 1 aromatic heterocycles. The number of methoxy groups -OCH3 is 1. The van der Waals surface area contributed by atoms with Crippen LogP contribution in [0.1, 0.15) is 22.7 Å². The summed E-state index contributed by atoms with van der Waals surface area (Å²) in [7, 11) is 1.30. The van der Waals surface area contributed by atoms with Crippen LogP contribution in [0.15, 0.2) is 91.1 Å². The molecule has 4 aromatic rings. The summed E-state index contributed by atoms with van der Waals surface area (Å²) in [5, 5.41) is 2.88. The van der Waals surface area contributed by atoms with Gasteiger partial charge >= 0.3 is 5.97 Å². The van der Waals surface area contributed by atoms with Gasteiger partial charge in [0, 0.05) is 12.6 Å². The number of hydrogen-bond acceptors (Lipinski definition) is 5. The van der Waals surface area contributed by atoms with Crippen molar-refractivity contribution in [3.8, 4) is 0 Å². The van der Waals surface area contributed by atoms with Crippen LogP contribution in [0.5, 0.6) is 0 Å². The van der Waals surface area contributed by atoms with E-state index in [0.717, 1.165) is 22.2 Å². The molecule has 0 saturated carbocycles. The molecule has 0 spiro atoms. The summed E-state index contributed by atoms with van der Waals surface area (Å²) in [4.78, 5) is 34.9. The maximum Gasteiger partial charge on any atom is 0.328 e. The molecule has 6 nitrogen and oxygen atoms in total. The third-order valence-corrected chi connectivity index (χ3v) is 5.24. The molecule has 6 heteroatoms. The lowest BCUT2D eigenvalue weighted by molar-refractivity contribution is -0.145. The zero-order chi connectivity index (χ0) is 22.3. The molecule has 3 aromatic carbocycles. The Bertz CT molecular complexity index is 1170. The number of aromatic nitrogens is 2. The average molecular weight is 425 g/mol. The van der Waals surface area contributed by atoms with Crippen molar-refractivity contribution in [2.45, 2.75) is 18.4 Å². The zero-order valence-electron chi connectivity index (χ0n) is 17.6. The number of amides is 1. The van der Waals surface area contributed by atoms with Gasteiger partial charge in [0.25, 0.3) is 0 Å². The van der Waals surface area contributed by atoms with Crippen molar-refractivity contribution < 1.29 is 14.3 Å². The second-order valence-corrected chi connectivity index (χ2v) is 7.39. The van der Waals surface area contributed by atoms with Gasteiger partial charge in [0.2, 0.25) is 5.91 Å². The molecule has 4 rings (SSSR count). The van der Waals surface area contributed by atoms with E-state index in [9.17, 15) is 9.59 Å². The van der Waals surface area contributed by atoms with Crippen LogP contribution >= 0.6 is 0 Å². The summed E-state index contributed by atoms with van der Waals surface area (Å²) in [6.45, 7) is 0. The molecule has 0 aliphatic rings. The molecular formula is C26H23N3O3. The molecule has 1 heterocycles. The molecule has 0 bridgehead atoms. The second-order valence-electron chi connectivity index (χ2n) is 7.39. The number of hydrogen-bond donors (Lipinski definition) is 1. The lowest BCUT2D eigenvalue weighted by Gasteiger charge is -2.22. The van der Waals surface area contributed by atoms with E-state index in [-0.39, 0.29) is 12.3 Å². The SMILES string of the molecule is COC(=O)[C@H](Cc1cnc2ccccc2n1)NC(=O)C(c1ccccc1)c1ccccc1. The molecule has 0 radical (unpaired) electrons. The minimum atomic E-state index is -0.891. The third kappa shape index (κ3) is 4.81. The normalized spacial score (nSPS) is 11.8. The average Bonchev–Trinajstić information content (AvgIpc) is 2.84. The van der Waals surface area contributed by atoms with Gasteiger partial charge in [-0.05, 0) is 23.3 Å². The first-order valence-corrected chi connectivity index (χ1v) is 10.3. The van der Waals surface area contributed by atoms with Crippen molar-refractivity contribution in [3.05, 3.63) is 108 Å². The van der Waals surface area contributed by atoms with Crippen LogP contribution in [0, 0.1) is 0 Å². The van der Waals surface area contributed by atoms with Gasteiger partial charge in [0.1, 0.15) is 6.04 Å². The molecule has 1 amide bonds. The number of esters is 1. The lowest BCUT2D eigenvalue weighted by atomic mass is 9.90. The predicted molar refractivity (Wildman–Crippen MR) is 122 cm³/mol. The van der Waals surface area contributed by atoms with Crippen LogP contribution < -0.4 is 5.32 Å². The van der Waals surface area contributed by atoms with Crippen LogP contribution in [0.25, 0.3) is 11.0 Å². The topological polar surface area (TPSA) is 81.2 Å². The fourth-order valence-electron chi connectivity index (χ4n) is 3.68. The molecule has 1 N–H and O–H groups in total. The molecule has 160 valence electrons. The highest BCUT2D eigenvalue weighted by atomic mass is 16.5. The second kappa shape index (κ2) is 9.83. The number of nitrogens with one attached hydrogen (secondary N) is 1. The molecule has 0 saturated heterocycles. The summed E-state index contributed by atoms with van der Waals surface area (Å²) >= 11 is 0. The number of benzene rings is 3. The van der Waals surface area contributed by atoms with Gasteiger partial charge in [0.05, 0.1) is 29.8 Å². The van der Waals surface area contributed by atoms with E-state index in [0.29, 0.717) is 5.69 Å². The van der Waals surface area contributed by atoms with E-state index >= 15 is 0 Å². The maximum atomic E-state index is 13.4. The van der Waals surface area contributed by atoms with Gasteiger partial charge in [-0.25, -0.2) is 9.78 Å². The minimum Gasteiger partial charge on any atom is -0.467 e. The van der Waals surface area contributed by atoms with Gasteiger partial charge < -0.3 is 10.1 Å². The first-order valence-electron chi connectivity index (χ1n) is 10.3. The van der Waals surface area contributed by atoms with Gasteiger partial charge in [-0.3, -0.25) is 9.78 Å². The van der Waals surface area contributed by atoms with Crippen LogP contribution in [-0.2, 0) is 20.7 Å². The Morgan fingerprint density at radius 3 is 2.00 bits per heavy atom. The number of rotatable bonds is 7. The van der Waals surface area contributed by atoms with E-state index in [2.05, 4.69) is 15.3 Å². The lowest BCUT2D eigenvalue weighted by Crippen LogP contribution is -2.45. The smallest absolute Gasteiger partial charge is 0.328 e. The summed E-state index contributed by atoms with van der Waals surface area (Å²) in [5.41, 5.74) is 3.76. The van der Waals surface area contributed by atoms with E-state index < -0.39 is 17.9 Å². The van der Waals surface area contributed by atoms with Crippen LogP contribution in [0.2, 0.25) is 0 Å². The van der Waals surface area contributed by atoms with Crippen molar-refractivity contribution in [1.29, 1.82) is 0 Å². The first kappa shape index (κ1) is 21.2. The standard InChI is InChI=1S/C26H23N3O3/c1-32-26(31)23(16-20-17-27-21-14-8-9-15-22(21)28-20)29-25(30)24(18-10-4-2-5-11-18)19-12-6-3-7-13-19/h2-15,17,23-24H,16H2,1H3,(H,29,30)/t23-/m0/s1. The third-order valence-electron chi connectivity index (χ3n) is 5.24. The monoisotopic (exact) mass is 425 g/mol. The summed E-state index contributed by atoms with van der Waals surface area (Å²) in [5.74, 6) is -1.38. The summed E-state index contributed by atoms with van der Waals surface area (Å²) < 4.78 is 4.96. The number of fused-ring (bicyclic) bond motifs is 1. The Morgan fingerprint density at radius 1 is 0.844 bits per heavy atom. The van der Waals surface area contributed by atoms with Gasteiger partial charge in [-0.1, -0.05) is 72.8 Å².